The number of amides is 2. The maximum atomic E-state index is 13.2. The number of esters is 1. The Morgan fingerprint density at radius 2 is 1.88 bits per heavy atom. The largest absolute Gasteiger partial charge is 0.465 e. The molecule has 2 amide bonds. The molecule has 2 N–H and O–H groups in total. The van der Waals surface area contributed by atoms with E-state index >= 15 is 0 Å². The number of nitrogens with zero attached hydrogens (tertiary/aromatic N) is 2. The van der Waals surface area contributed by atoms with Crippen molar-refractivity contribution in [1.29, 1.82) is 0 Å². The Morgan fingerprint density at radius 3 is 2.53 bits per heavy atom. The van der Waals surface area contributed by atoms with Crippen LogP contribution in [0.3, 0.4) is 0 Å². The van der Waals surface area contributed by atoms with E-state index in [4.69, 9.17) is 22.1 Å². The molecule has 32 heavy (non-hydrogen) atoms. The minimum atomic E-state index is -0.406. The first-order chi connectivity index (χ1) is 15.0. The van der Waals surface area contributed by atoms with Gasteiger partial charge in [-0.3, -0.25) is 4.90 Å². The lowest BCUT2D eigenvalue weighted by Gasteiger charge is -2.42. The van der Waals surface area contributed by atoms with Crippen molar-refractivity contribution < 1.29 is 14.3 Å². The number of urea groups is 1. The summed E-state index contributed by atoms with van der Waals surface area (Å²) in [5.74, 6) is -0.406. The molecule has 1 heterocycles. The Hall–Kier alpha value is -2.28. The first kappa shape index (κ1) is 24.4. The van der Waals surface area contributed by atoms with Gasteiger partial charge in [0.15, 0.2) is 0 Å². The Bertz CT molecular complexity index is 976. The van der Waals surface area contributed by atoms with Crippen LogP contribution < -0.4 is 10.6 Å². The van der Waals surface area contributed by atoms with Gasteiger partial charge >= 0.3 is 12.0 Å². The molecule has 0 bridgehead atoms. The summed E-state index contributed by atoms with van der Waals surface area (Å²) >= 11 is 6.22. The van der Waals surface area contributed by atoms with Gasteiger partial charge in [0.25, 0.3) is 0 Å². The number of nitrogens with two attached hydrogens (primary N) is 1. The zero-order chi connectivity index (χ0) is 22.0. The number of hydrogen-bond acceptors (Lipinski definition) is 4. The standard InChI is InChI=1S/C24H28ClN3O3.ClH/c1-31-22(29)17-4-2-7-21(14-17)28-13-12-27(23(28)30)20-8-10-24(16-26,11-9-20)18-5-3-6-19(25)15-18;/h2-7,14-15,20H,8-13,16,26H2,1H3;1H. The normalized spacial score (nSPS) is 23.1. The van der Waals surface area contributed by atoms with E-state index in [0.29, 0.717) is 25.2 Å². The molecule has 0 aromatic heterocycles. The molecule has 0 radical (unpaired) electrons. The molecule has 4 rings (SSSR count). The fraction of sp³-hybridized carbons (Fsp3) is 0.417. The summed E-state index contributed by atoms with van der Waals surface area (Å²) in [7, 11) is 1.35. The molecule has 2 aliphatic rings. The molecule has 1 saturated carbocycles. The summed E-state index contributed by atoms with van der Waals surface area (Å²) in [5.41, 5.74) is 8.50. The second-order valence-electron chi connectivity index (χ2n) is 8.40. The van der Waals surface area contributed by atoms with Gasteiger partial charge in [0.1, 0.15) is 0 Å². The molecule has 1 saturated heterocycles. The van der Waals surface area contributed by atoms with Crippen molar-refractivity contribution in [3.8, 4) is 0 Å². The second kappa shape index (κ2) is 10.1. The van der Waals surface area contributed by atoms with Crippen molar-refractivity contribution in [2.75, 3.05) is 31.6 Å². The van der Waals surface area contributed by atoms with E-state index < -0.39 is 5.97 Å². The van der Waals surface area contributed by atoms with E-state index in [9.17, 15) is 9.59 Å². The van der Waals surface area contributed by atoms with Gasteiger partial charge in [-0.2, -0.15) is 0 Å². The smallest absolute Gasteiger partial charge is 0.337 e. The molecule has 1 aliphatic carbocycles. The lowest BCUT2D eigenvalue weighted by Crippen LogP contribution is -2.46. The number of halogens is 2. The zero-order valence-electron chi connectivity index (χ0n) is 18.1. The summed E-state index contributed by atoms with van der Waals surface area (Å²) in [6.07, 6.45) is 3.67. The maximum absolute atomic E-state index is 13.2. The molecule has 0 atom stereocenters. The molecule has 8 heteroatoms. The van der Waals surface area contributed by atoms with Crippen molar-refractivity contribution in [2.45, 2.75) is 37.1 Å². The summed E-state index contributed by atoms with van der Waals surface area (Å²) in [6, 6.07) is 15.2. The van der Waals surface area contributed by atoms with Crippen LogP contribution in [0.4, 0.5) is 10.5 Å². The molecular formula is C24H29Cl2N3O3. The van der Waals surface area contributed by atoms with Crippen molar-refractivity contribution >= 4 is 41.7 Å². The van der Waals surface area contributed by atoms with E-state index in [1.165, 1.54) is 12.7 Å². The van der Waals surface area contributed by atoms with Gasteiger partial charge in [-0.15, -0.1) is 12.4 Å². The third-order valence-electron chi connectivity index (χ3n) is 6.80. The number of methoxy groups -OCH3 is 1. The van der Waals surface area contributed by atoms with Gasteiger partial charge in [0.2, 0.25) is 0 Å². The minimum Gasteiger partial charge on any atom is -0.465 e. The Kier molecular flexibility index (Phi) is 7.70. The first-order valence-corrected chi connectivity index (χ1v) is 11.1. The molecule has 2 aromatic rings. The van der Waals surface area contributed by atoms with E-state index in [0.717, 1.165) is 36.4 Å². The van der Waals surface area contributed by atoms with E-state index in [2.05, 4.69) is 6.07 Å². The molecule has 172 valence electrons. The van der Waals surface area contributed by atoms with Gasteiger partial charge in [-0.05, 0) is 61.6 Å². The first-order valence-electron chi connectivity index (χ1n) is 10.7. The lowest BCUT2D eigenvalue weighted by molar-refractivity contribution is 0.0600. The third-order valence-corrected chi connectivity index (χ3v) is 7.04. The zero-order valence-corrected chi connectivity index (χ0v) is 19.7. The second-order valence-corrected chi connectivity index (χ2v) is 8.83. The molecule has 6 nitrogen and oxygen atoms in total. The SMILES string of the molecule is COC(=O)c1cccc(N2CCN(C3CCC(CN)(c4cccc(Cl)c4)CC3)C2=O)c1.Cl. The van der Waals surface area contributed by atoms with Crippen LogP contribution in [0.2, 0.25) is 5.02 Å². The Balaban J connectivity index is 0.00000289. The number of ether oxygens (including phenoxy) is 1. The highest BCUT2D eigenvalue weighted by atomic mass is 35.5. The van der Waals surface area contributed by atoms with Gasteiger partial charge in [-0.25, -0.2) is 9.59 Å². The van der Waals surface area contributed by atoms with Gasteiger partial charge in [0, 0.05) is 41.8 Å². The number of rotatable bonds is 5. The van der Waals surface area contributed by atoms with Gasteiger partial charge < -0.3 is 15.4 Å². The summed E-state index contributed by atoms with van der Waals surface area (Å²) in [5, 5.41) is 0.729. The summed E-state index contributed by atoms with van der Waals surface area (Å²) < 4.78 is 4.80. The van der Waals surface area contributed by atoms with Crippen molar-refractivity contribution in [2.24, 2.45) is 5.73 Å². The van der Waals surface area contributed by atoms with E-state index in [1.807, 2.05) is 29.2 Å². The van der Waals surface area contributed by atoms with Gasteiger partial charge in [-0.1, -0.05) is 29.8 Å². The molecule has 1 aliphatic heterocycles. The highest BCUT2D eigenvalue weighted by Gasteiger charge is 2.41. The van der Waals surface area contributed by atoms with Crippen LogP contribution in [0.5, 0.6) is 0 Å². The average molecular weight is 478 g/mol. The molecule has 0 unspecified atom stereocenters. The fourth-order valence-corrected chi connectivity index (χ4v) is 5.14. The molecular weight excluding hydrogens is 449 g/mol. The monoisotopic (exact) mass is 477 g/mol. The number of carbonyl (C=O) groups is 2. The van der Waals surface area contributed by atoms with Crippen LogP contribution in [-0.4, -0.2) is 49.7 Å². The van der Waals surface area contributed by atoms with Crippen LogP contribution in [0, 0.1) is 0 Å². The highest BCUT2D eigenvalue weighted by Crippen LogP contribution is 2.41. The number of benzene rings is 2. The topological polar surface area (TPSA) is 75.9 Å². The third kappa shape index (κ3) is 4.58. The van der Waals surface area contributed by atoms with Crippen LogP contribution in [0.1, 0.15) is 41.6 Å². The minimum absolute atomic E-state index is 0. The van der Waals surface area contributed by atoms with Crippen LogP contribution in [0.15, 0.2) is 48.5 Å². The van der Waals surface area contributed by atoms with Crippen molar-refractivity contribution in [3.05, 3.63) is 64.7 Å². The molecule has 2 fully saturated rings. The van der Waals surface area contributed by atoms with Crippen molar-refractivity contribution in [3.63, 3.8) is 0 Å². The number of hydrogen-bond donors (Lipinski definition) is 1. The Labute approximate surface area is 200 Å². The average Bonchev–Trinajstić information content (AvgIpc) is 3.20. The van der Waals surface area contributed by atoms with Crippen molar-refractivity contribution in [1.82, 2.24) is 4.90 Å². The molecule has 0 spiro atoms. The van der Waals surface area contributed by atoms with Gasteiger partial charge in [0.05, 0.1) is 12.7 Å². The lowest BCUT2D eigenvalue weighted by atomic mass is 9.68. The van der Waals surface area contributed by atoms with Crippen LogP contribution in [-0.2, 0) is 10.2 Å². The predicted molar refractivity (Wildman–Crippen MR) is 129 cm³/mol. The number of anilines is 1. The number of carbonyl (C=O) groups excluding carboxylic acids is 2. The quantitative estimate of drug-likeness (QED) is 0.636. The van der Waals surface area contributed by atoms with Crippen LogP contribution >= 0.6 is 24.0 Å². The molecule has 2 aromatic carbocycles. The highest BCUT2D eigenvalue weighted by molar-refractivity contribution is 6.30. The van der Waals surface area contributed by atoms with E-state index in [-0.39, 0.29) is 29.9 Å². The summed E-state index contributed by atoms with van der Waals surface area (Å²) in [6.45, 7) is 1.86. The summed E-state index contributed by atoms with van der Waals surface area (Å²) in [4.78, 5) is 28.8. The maximum Gasteiger partial charge on any atom is 0.337 e. The van der Waals surface area contributed by atoms with E-state index in [1.54, 1.807) is 23.1 Å². The fourth-order valence-electron chi connectivity index (χ4n) is 4.95. The Morgan fingerprint density at radius 1 is 1.16 bits per heavy atom. The van der Waals surface area contributed by atoms with Crippen LogP contribution in [0.25, 0.3) is 0 Å². The predicted octanol–water partition coefficient (Wildman–Crippen LogP) is 4.63.